The van der Waals surface area contributed by atoms with Gasteiger partial charge in [-0.05, 0) is 53.1 Å². The van der Waals surface area contributed by atoms with Crippen molar-refractivity contribution < 1.29 is 4.79 Å². The number of aromatic nitrogens is 1. The highest BCUT2D eigenvalue weighted by Crippen LogP contribution is 2.49. The van der Waals surface area contributed by atoms with Gasteiger partial charge < -0.3 is 4.90 Å². The van der Waals surface area contributed by atoms with Crippen LogP contribution in [0.3, 0.4) is 0 Å². The monoisotopic (exact) mass is 430 g/mol. The summed E-state index contributed by atoms with van der Waals surface area (Å²) in [4.78, 5) is 19.7. The second-order valence-corrected chi connectivity index (χ2v) is 10.6. The Labute approximate surface area is 189 Å². The third kappa shape index (κ3) is 4.36. The summed E-state index contributed by atoms with van der Waals surface area (Å²) >= 11 is 2.08. The molecule has 1 aromatic heterocycles. The van der Waals surface area contributed by atoms with E-state index in [1.165, 1.54) is 42.0 Å². The molecule has 1 aliphatic carbocycles. The van der Waals surface area contributed by atoms with Crippen LogP contribution in [0.15, 0.2) is 67.0 Å². The van der Waals surface area contributed by atoms with Crippen molar-refractivity contribution in [2.45, 2.75) is 49.8 Å². The van der Waals surface area contributed by atoms with E-state index in [1.54, 1.807) is 6.20 Å². The van der Waals surface area contributed by atoms with Crippen LogP contribution in [0, 0.1) is 5.92 Å². The summed E-state index contributed by atoms with van der Waals surface area (Å²) in [6.07, 6.45) is 10.3. The van der Waals surface area contributed by atoms with Crippen LogP contribution in [0.4, 0.5) is 0 Å². The molecule has 5 rings (SSSR count). The Morgan fingerprint density at radius 3 is 2.87 bits per heavy atom. The second kappa shape index (κ2) is 9.04. The molecule has 0 radical (unpaired) electrons. The molecule has 3 aromatic rings. The molecule has 0 bridgehead atoms. The van der Waals surface area contributed by atoms with Gasteiger partial charge in [0, 0.05) is 42.4 Å². The molecule has 2 unspecified atom stereocenters. The van der Waals surface area contributed by atoms with Crippen LogP contribution in [0.25, 0.3) is 10.8 Å². The van der Waals surface area contributed by atoms with E-state index in [0.717, 1.165) is 24.3 Å². The maximum atomic E-state index is 13.4. The molecule has 160 valence electrons. The van der Waals surface area contributed by atoms with E-state index >= 15 is 0 Å². The van der Waals surface area contributed by atoms with Crippen LogP contribution >= 0.6 is 11.8 Å². The summed E-state index contributed by atoms with van der Waals surface area (Å²) in [6.45, 7) is 1.51. The van der Waals surface area contributed by atoms with Gasteiger partial charge >= 0.3 is 0 Å². The molecule has 2 aromatic carbocycles. The molecule has 1 saturated heterocycles. The number of carbonyl (C=O) groups is 1. The fourth-order valence-corrected chi connectivity index (χ4v) is 7.18. The van der Waals surface area contributed by atoms with Crippen molar-refractivity contribution in [3.8, 4) is 0 Å². The maximum absolute atomic E-state index is 13.4. The van der Waals surface area contributed by atoms with Crippen LogP contribution in [0.1, 0.15) is 43.2 Å². The minimum atomic E-state index is 0.0793. The summed E-state index contributed by atoms with van der Waals surface area (Å²) in [7, 11) is 0. The van der Waals surface area contributed by atoms with Gasteiger partial charge in [0.1, 0.15) is 0 Å². The Morgan fingerprint density at radius 2 is 1.97 bits per heavy atom. The lowest BCUT2D eigenvalue weighted by atomic mass is 9.73. The fourth-order valence-electron chi connectivity index (χ4n) is 5.51. The van der Waals surface area contributed by atoms with Crippen molar-refractivity contribution in [1.29, 1.82) is 0 Å². The smallest absolute Gasteiger partial charge is 0.224 e. The highest BCUT2D eigenvalue weighted by molar-refractivity contribution is 8.00. The largest absolute Gasteiger partial charge is 0.337 e. The lowest BCUT2D eigenvalue weighted by Gasteiger charge is -2.43. The number of carbonyl (C=O) groups excluding carboxylic acids is 1. The van der Waals surface area contributed by atoms with Gasteiger partial charge in [-0.2, -0.15) is 11.8 Å². The first-order valence-corrected chi connectivity index (χ1v) is 12.5. The van der Waals surface area contributed by atoms with E-state index in [-0.39, 0.29) is 4.75 Å². The third-order valence-corrected chi connectivity index (χ3v) is 8.79. The number of thioether (sulfide) groups is 1. The van der Waals surface area contributed by atoms with Gasteiger partial charge in [0.2, 0.25) is 5.91 Å². The van der Waals surface area contributed by atoms with Crippen molar-refractivity contribution in [2.75, 3.05) is 12.3 Å². The van der Waals surface area contributed by atoms with Gasteiger partial charge in [0.15, 0.2) is 0 Å². The van der Waals surface area contributed by atoms with Crippen molar-refractivity contribution in [3.05, 3.63) is 78.1 Å². The molecule has 4 heteroatoms. The predicted octanol–water partition coefficient (Wildman–Crippen LogP) is 5.87. The molecule has 3 nitrogen and oxygen atoms in total. The van der Waals surface area contributed by atoms with Crippen LogP contribution < -0.4 is 0 Å². The summed E-state index contributed by atoms with van der Waals surface area (Å²) in [5, 5.41) is 2.69. The van der Waals surface area contributed by atoms with Gasteiger partial charge in [0.05, 0.1) is 0 Å². The second-order valence-electron chi connectivity index (χ2n) is 9.05. The Kier molecular flexibility index (Phi) is 5.99. The predicted molar refractivity (Wildman–Crippen MR) is 129 cm³/mol. The summed E-state index contributed by atoms with van der Waals surface area (Å²) in [6, 6.07) is 19.4. The lowest BCUT2D eigenvalue weighted by Crippen LogP contribution is -2.42. The quantitative estimate of drug-likeness (QED) is 0.519. The van der Waals surface area contributed by atoms with Crippen LogP contribution in [0.2, 0.25) is 0 Å². The summed E-state index contributed by atoms with van der Waals surface area (Å²) in [5.74, 6) is 1.90. The molecule has 2 fully saturated rings. The number of benzene rings is 2. The molecule has 2 heterocycles. The average molecular weight is 431 g/mol. The van der Waals surface area contributed by atoms with E-state index in [0.29, 0.717) is 24.8 Å². The first-order valence-electron chi connectivity index (χ1n) is 11.5. The number of hydrogen-bond donors (Lipinski definition) is 0. The van der Waals surface area contributed by atoms with E-state index in [4.69, 9.17) is 0 Å². The van der Waals surface area contributed by atoms with E-state index in [2.05, 4.69) is 70.2 Å². The van der Waals surface area contributed by atoms with Crippen molar-refractivity contribution >= 4 is 28.4 Å². The third-order valence-electron chi connectivity index (χ3n) is 7.14. The highest BCUT2D eigenvalue weighted by Gasteiger charge is 2.45. The summed E-state index contributed by atoms with van der Waals surface area (Å²) < 4.78 is 0.0793. The molecular weight excluding hydrogens is 400 g/mol. The number of nitrogens with zero attached hydrogens (tertiary/aromatic N) is 2. The van der Waals surface area contributed by atoms with Crippen LogP contribution in [-0.4, -0.2) is 32.8 Å². The average Bonchev–Trinajstić information content (AvgIpc) is 2.95. The zero-order valence-electron chi connectivity index (χ0n) is 18.0. The SMILES string of the molecule is O=C1CC2(CCCCC2Cc2cccc3ccccc23)SCCN1Cc1cccnc1. The molecule has 1 amide bonds. The molecule has 1 spiro atoms. The number of pyridine rings is 1. The van der Waals surface area contributed by atoms with E-state index in [9.17, 15) is 4.79 Å². The normalized spacial score (nSPS) is 24.5. The lowest BCUT2D eigenvalue weighted by molar-refractivity contribution is -0.132. The Hall–Kier alpha value is -2.33. The maximum Gasteiger partial charge on any atom is 0.224 e. The number of amides is 1. The minimum Gasteiger partial charge on any atom is -0.337 e. The van der Waals surface area contributed by atoms with Gasteiger partial charge in [-0.1, -0.05) is 61.4 Å². The van der Waals surface area contributed by atoms with Gasteiger partial charge in [-0.25, -0.2) is 0 Å². The standard InChI is InChI=1S/C27H30N2OS/c30-26-18-27(31-16-15-29(26)20-21-7-6-14-28-19-21)13-4-3-11-24(27)17-23-10-5-9-22-8-1-2-12-25(22)23/h1-2,5-10,12,14,19,24H,3-4,11,13,15-18,20H2. The Morgan fingerprint density at radius 1 is 1.06 bits per heavy atom. The number of fused-ring (bicyclic) bond motifs is 1. The number of rotatable bonds is 4. The zero-order valence-corrected chi connectivity index (χ0v) is 18.8. The Balaban J connectivity index is 1.38. The van der Waals surface area contributed by atoms with Crippen molar-refractivity contribution in [1.82, 2.24) is 9.88 Å². The molecule has 1 aliphatic heterocycles. The van der Waals surface area contributed by atoms with Crippen LogP contribution in [0.5, 0.6) is 0 Å². The Bertz CT molecular complexity index is 1050. The van der Waals surface area contributed by atoms with E-state index < -0.39 is 0 Å². The molecule has 1 saturated carbocycles. The molecule has 31 heavy (non-hydrogen) atoms. The number of hydrogen-bond acceptors (Lipinski definition) is 3. The summed E-state index contributed by atoms with van der Waals surface area (Å²) in [5.41, 5.74) is 2.56. The first-order chi connectivity index (χ1) is 15.2. The van der Waals surface area contributed by atoms with Crippen LogP contribution in [-0.2, 0) is 17.8 Å². The molecular formula is C27H30N2OS. The molecule has 2 atom stereocenters. The molecule has 2 aliphatic rings. The minimum absolute atomic E-state index is 0.0793. The topological polar surface area (TPSA) is 33.2 Å². The first kappa shape index (κ1) is 20.6. The van der Waals surface area contributed by atoms with E-state index in [1.807, 2.05) is 12.3 Å². The van der Waals surface area contributed by atoms with Crippen molar-refractivity contribution in [2.24, 2.45) is 5.92 Å². The van der Waals surface area contributed by atoms with Gasteiger partial charge in [0.25, 0.3) is 0 Å². The highest BCUT2D eigenvalue weighted by atomic mass is 32.2. The molecule has 0 N–H and O–H groups in total. The zero-order chi connectivity index (χ0) is 21.1. The fraction of sp³-hybridized carbons (Fsp3) is 0.407. The van der Waals surface area contributed by atoms with Crippen molar-refractivity contribution in [3.63, 3.8) is 0 Å². The van der Waals surface area contributed by atoms with Gasteiger partial charge in [-0.3, -0.25) is 9.78 Å². The van der Waals surface area contributed by atoms with Gasteiger partial charge in [-0.15, -0.1) is 0 Å².